The molecule has 1 aliphatic heterocycles. The summed E-state index contributed by atoms with van der Waals surface area (Å²) >= 11 is 0. The van der Waals surface area contributed by atoms with Gasteiger partial charge in [0.15, 0.2) is 0 Å². The van der Waals surface area contributed by atoms with E-state index in [-0.39, 0.29) is 11.6 Å². The Bertz CT molecular complexity index is 611. The maximum absolute atomic E-state index is 5.70. The average molecular weight is 256 g/mol. The SMILES string of the molecule is Cc1cc(NC2(C)CCOC2C)c2ccccc2n1. The molecule has 2 unspecified atom stereocenters. The van der Waals surface area contributed by atoms with Gasteiger partial charge in [-0.25, -0.2) is 0 Å². The van der Waals surface area contributed by atoms with Crippen molar-refractivity contribution in [2.24, 2.45) is 0 Å². The fourth-order valence-electron chi connectivity index (χ4n) is 2.72. The number of nitrogens with zero attached hydrogens (tertiary/aromatic N) is 1. The van der Waals surface area contributed by atoms with Crippen LogP contribution in [0.15, 0.2) is 30.3 Å². The minimum atomic E-state index is -0.00341. The molecule has 0 bridgehead atoms. The van der Waals surface area contributed by atoms with Crippen molar-refractivity contribution in [3.05, 3.63) is 36.0 Å². The molecule has 2 aromatic rings. The molecule has 0 saturated carbocycles. The first kappa shape index (κ1) is 12.4. The highest BCUT2D eigenvalue weighted by Crippen LogP contribution is 2.32. The molecule has 0 aliphatic carbocycles. The molecule has 3 nitrogen and oxygen atoms in total. The monoisotopic (exact) mass is 256 g/mol. The zero-order valence-electron chi connectivity index (χ0n) is 11.7. The van der Waals surface area contributed by atoms with Crippen molar-refractivity contribution in [3.8, 4) is 0 Å². The number of anilines is 1. The first-order valence-electron chi connectivity index (χ1n) is 6.85. The maximum Gasteiger partial charge on any atom is 0.0774 e. The van der Waals surface area contributed by atoms with Crippen molar-refractivity contribution in [2.75, 3.05) is 11.9 Å². The van der Waals surface area contributed by atoms with Crippen molar-refractivity contribution in [1.29, 1.82) is 0 Å². The number of nitrogens with one attached hydrogen (secondary N) is 1. The summed E-state index contributed by atoms with van der Waals surface area (Å²) in [7, 11) is 0. The smallest absolute Gasteiger partial charge is 0.0774 e. The van der Waals surface area contributed by atoms with Gasteiger partial charge in [-0.05, 0) is 39.3 Å². The molecule has 3 rings (SSSR count). The van der Waals surface area contributed by atoms with Crippen LogP contribution in [0.2, 0.25) is 0 Å². The number of para-hydroxylation sites is 1. The van der Waals surface area contributed by atoms with E-state index in [1.165, 1.54) is 5.39 Å². The molecule has 0 spiro atoms. The highest BCUT2D eigenvalue weighted by atomic mass is 16.5. The van der Waals surface area contributed by atoms with E-state index in [4.69, 9.17) is 4.74 Å². The summed E-state index contributed by atoms with van der Waals surface area (Å²) in [4.78, 5) is 4.58. The van der Waals surface area contributed by atoms with Gasteiger partial charge in [-0.15, -0.1) is 0 Å². The number of pyridine rings is 1. The molecule has 1 aliphatic rings. The lowest BCUT2D eigenvalue weighted by Gasteiger charge is -2.30. The van der Waals surface area contributed by atoms with Crippen LogP contribution in [0.25, 0.3) is 10.9 Å². The molecule has 1 fully saturated rings. The molecule has 3 heteroatoms. The first-order valence-corrected chi connectivity index (χ1v) is 6.85. The van der Waals surface area contributed by atoms with Crippen LogP contribution in [-0.4, -0.2) is 23.2 Å². The van der Waals surface area contributed by atoms with Gasteiger partial charge in [0, 0.05) is 23.4 Å². The molecular formula is C16H20N2O. The molecule has 100 valence electrons. The Morgan fingerprint density at radius 1 is 1.37 bits per heavy atom. The second-order valence-electron chi connectivity index (χ2n) is 5.63. The van der Waals surface area contributed by atoms with Gasteiger partial charge in [-0.1, -0.05) is 18.2 Å². The molecule has 0 radical (unpaired) electrons. The third kappa shape index (κ3) is 2.19. The van der Waals surface area contributed by atoms with E-state index in [1.807, 2.05) is 13.0 Å². The van der Waals surface area contributed by atoms with Crippen LogP contribution in [0.1, 0.15) is 26.0 Å². The van der Waals surface area contributed by atoms with Gasteiger partial charge >= 0.3 is 0 Å². The standard InChI is InChI=1S/C16H20N2O/c1-11-10-15(13-6-4-5-7-14(13)17-11)18-16(3)8-9-19-12(16)2/h4-7,10,12H,8-9H2,1-3H3,(H,17,18). The van der Waals surface area contributed by atoms with E-state index in [0.29, 0.717) is 0 Å². The maximum atomic E-state index is 5.70. The fraction of sp³-hybridized carbons (Fsp3) is 0.438. The Kier molecular flexibility index (Phi) is 2.94. The minimum absolute atomic E-state index is 0.00341. The van der Waals surface area contributed by atoms with E-state index in [9.17, 15) is 0 Å². The molecule has 19 heavy (non-hydrogen) atoms. The first-order chi connectivity index (χ1) is 9.08. The van der Waals surface area contributed by atoms with Crippen LogP contribution in [0.3, 0.4) is 0 Å². The minimum Gasteiger partial charge on any atom is -0.377 e. The third-order valence-electron chi connectivity index (χ3n) is 4.15. The molecular weight excluding hydrogens is 236 g/mol. The lowest BCUT2D eigenvalue weighted by atomic mass is 9.94. The Morgan fingerprint density at radius 2 is 2.16 bits per heavy atom. The van der Waals surface area contributed by atoms with E-state index in [0.717, 1.165) is 29.9 Å². The number of benzene rings is 1. The van der Waals surface area contributed by atoms with Crippen molar-refractivity contribution in [1.82, 2.24) is 4.98 Å². The van der Waals surface area contributed by atoms with Crippen molar-refractivity contribution in [3.63, 3.8) is 0 Å². The highest BCUT2D eigenvalue weighted by Gasteiger charge is 2.37. The van der Waals surface area contributed by atoms with Crippen molar-refractivity contribution in [2.45, 2.75) is 38.8 Å². The van der Waals surface area contributed by atoms with Gasteiger partial charge in [0.25, 0.3) is 0 Å². The predicted molar refractivity (Wildman–Crippen MR) is 78.5 cm³/mol. The fourth-order valence-corrected chi connectivity index (χ4v) is 2.72. The molecule has 1 saturated heterocycles. The number of hydrogen-bond donors (Lipinski definition) is 1. The van der Waals surface area contributed by atoms with Crippen LogP contribution < -0.4 is 5.32 Å². The summed E-state index contributed by atoms with van der Waals surface area (Å²) in [6.07, 6.45) is 1.25. The summed E-state index contributed by atoms with van der Waals surface area (Å²) in [6, 6.07) is 10.4. The second-order valence-corrected chi connectivity index (χ2v) is 5.63. The number of aryl methyl sites for hydroxylation is 1. The summed E-state index contributed by atoms with van der Waals surface area (Å²) in [5.74, 6) is 0. The predicted octanol–water partition coefficient (Wildman–Crippen LogP) is 3.52. The number of rotatable bonds is 2. The van der Waals surface area contributed by atoms with Crippen LogP contribution >= 0.6 is 0 Å². The average Bonchev–Trinajstić information content (AvgIpc) is 2.69. The molecule has 1 N–H and O–H groups in total. The number of fused-ring (bicyclic) bond motifs is 1. The van der Waals surface area contributed by atoms with Gasteiger partial charge in [0.05, 0.1) is 17.2 Å². The van der Waals surface area contributed by atoms with E-state index < -0.39 is 0 Å². The summed E-state index contributed by atoms with van der Waals surface area (Å²) in [6.45, 7) is 7.23. The topological polar surface area (TPSA) is 34.1 Å². The second kappa shape index (κ2) is 4.49. The lowest BCUT2D eigenvalue weighted by Crippen LogP contribution is -2.41. The molecule has 2 heterocycles. The van der Waals surface area contributed by atoms with E-state index in [1.54, 1.807) is 0 Å². The van der Waals surface area contributed by atoms with Crippen LogP contribution in [0.5, 0.6) is 0 Å². The normalized spacial score (nSPS) is 26.8. The Hall–Kier alpha value is -1.61. The largest absolute Gasteiger partial charge is 0.377 e. The van der Waals surface area contributed by atoms with Gasteiger partial charge in [-0.2, -0.15) is 0 Å². The Morgan fingerprint density at radius 3 is 2.89 bits per heavy atom. The van der Waals surface area contributed by atoms with Crippen molar-refractivity contribution < 1.29 is 4.74 Å². The number of aromatic nitrogens is 1. The van der Waals surface area contributed by atoms with E-state index >= 15 is 0 Å². The van der Waals surface area contributed by atoms with Gasteiger partial charge in [0.1, 0.15) is 0 Å². The third-order valence-corrected chi connectivity index (χ3v) is 4.15. The molecule has 1 aromatic carbocycles. The van der Waals surface area contributed by atoms with Crippen molar-refractivity contribution >= 4 is 16.6 Å². The van der Waals surface area contributed by atoms with Gasteiger partial charge < -0.3 is 10.1 Å². The molecule has 2 atom stereocenters. The Labute approximate surface area is 114 Å². The molecule has 0 amide bonds. The van der Waals surface area contributed by atoms with Gasteiger partial charge in [0.2, 0.25) is 0 Å². The zero-order valence-corrected chi connectivity index (χ0v) is 11.7. The van der Waals surface area contributed by atoms with Gasteiger partial charge in [-0.3, -0.25) is 4.98 Å². The number of ether oxygens (including phenoxy) is 1. The highest BCUT2D eigenvalue weighted by molar-refractivity contribution is 5.91. The summed E-state index contributed by atoms with van der Waals surface area (Å²) in [5, 5.41) is 4.86. The lowest BCUT2D eigenvalue weighted by molar-refractivity contribution is 0.105. The van der Waals surface area contributed by atoms with Crippen LogP contribution in [0, 0.1) is 6.92 Å². The molecule has 1 aromatic heterocycles. The van der Waals surface area contributed by atoms with Crippen LogP contribution in [0.4, 0.5) is 5.69 Å². The Balaban J connectivity index is 2.05. The quantitative estimate of drug-likeness (QED) is 0.892. The van der Waals surface area contributed by atoms with E-state index in [2.05, 4.69) is 48.4 Å². The van der Waals surface area contributed by atoms with Crippen LogP contribution in [-0.2, 0) is 4.74 Å². The summed E-state index contributed by atoms with van der Waals surface area (Å²) in [5.41, 5.74) is 3.23. The number of hydrogen-bond acceptors (Lipinski definition) is 3. The summed E-state index contributed by atoms with van der Waals surface area (Å²) < 4.78 is 5.70. The zero-order chi connectivity index (χ0) is 13.5.